The highest BCUT2D eigenvalue weighted by atomic mass is 32.1. The van der Waals surface area contributed by atoms with Crippen LogP contribution in [-0.2, 0) is 28.8 Å². The zero-order chi connectivity index (χ0) is 50.6. The number of rotatable bonds is 20. The Hall–Kier alpha value is -1.48. The third-order valence-corrected chi connectivity index (χ3v) is 7.82. The average Bonchev–Trinajstić information content (AvgIpc) is 3.20. The Kier molecular flexibility index (Phi) is 74.6. The summed E-state index contributed by atoms with van der Waals surface area (Å²) in [7, 11) is 0. The molecule has 0 aliphatic heterocycles. The Morgan fingerprint density at radius 3 is 0.500 bits per heavy atom. The topological polar surface area (TPSA) is 386 Å². The van der Waals surface area contributed by atoms with E-state index in [0.717, 1.165) is 9.79 Å². The largest absolute Gasteiger partial charge is 0.481 e. The number of benzene rings is 1. The molecular weight excluding hydrogens is 985 g/mol. The molecule has 28 heteroatoms. The zero-order valence-electron chi connectivity index (χ0n) is 33.7. The van der Waals surface area contributed by atoms with E-state index < -0.39 is 99.5 Å². The number of aliphatic carboxylic acids is 6. The monoisotopic (exact) mass is 1050 g/mol. The predicted octanol–water partition coefficient (Wildman–Crippen LogP) is 0.493. The molecule has 0 spiro atoms. The van der Waals surface area contributed by atoms with Gasteiger partial charge in [0.1, 0.15) is 0 Å². The minimum Gasteiger partial charge on any atom is -0.481 e. The van der Waals surface area contributed by atoms with Crippen LogP contribution in [0.2, 0.25) is 0 Å². The lowest BCUT2D eigenvalue weighted by molar-refractivity contribution is -0.137. The van der Waals surface area contributed by atoms with Gasteiger partial charge in [-0.2, -0.15) is 75.8 Å². The van der Waals surface area contributed by atoms with Crippen molar-refractivity contribution in [1.82, 2.24) is 0 Å². The molecule has 1 rings (SSSR count). The summed E-state index contributed by atoms with van der Waals surface area (Å²) in [4.78, 5) is 59.2. The Morgan fingerprint density at radius 1 is 0.339 bits per heavy atom. The van der Waals surface area contributed by atoms with Crippen molar-refractivity contribution in [2.45, 2.75) is 48.3 Å². The van der Waals surface area contributed by atoms with Crippen LogP contribution in [0.15, 0.2) is 34.1 Å². The van der Waals surface area contributed by atoms with Gasteiger partial charge in [0.25, 0.3) is 0 Å². The van der Waals surface area contributed by atoms with Crippen LogP contribution in [-0.4, -0.2) is 195 Å². The Morgan fingerprint density at radius 2 is 0.468 bits per heavy atom. The fourth-order valence-electron chi connectivity index (χ4n) is 1.64. The molecular formula is C34H66O20S8. The first-order valence-corrected chi connectivity index (χ1v) is 21.9. The van der Waals surface area contributed by atoms with Gasteiger partial charge >= 0.3 is 35.8 Å². The van der Waals surface area contributed by atoms with Gasteiger partial charge in [-0.15, -0.1) is 25.3 Å². The minimum absolute atomic E-state index is 0.156. The molecule has 14 N–H and O–H groups in total. The van der Waals surface area contributed by atoms with Gasteiger partial charge in [-0.3, -0.25) is 28.8 Å². The first kappa shape index (κ1) is 77.7. The summed E-state index contributed by atoms with van der Waals surface area (Å²) in [6, 6.07) is 7.68. The lowest BCUT2D eigenvalue weighted by Gasteiger charge is -2.23. The quantitative estimate of drug-likeness (QED) is 0.0790. The molecule has 0 aliphatic carbocycles. The molecule has 0 unspecified atom stereocenters. The SMILES string of the molecule is O=C(O)CCS.O=C(O)CCS.O=C(O)CCS.O=C(O)CCS.O=C(O)CCS.O=C(O)CCS.OCC(CO)(CO)CO.OCC(CO)(CO)CO.Sc1ccccc1S. The highest BCUT2D eigenvalue weighted by molar-refractivity contribution is 7.83. The lowest BCUT2D eigenvalue weighted by atomic mass is 9.93. The summed E-state index contributed by atoms with van der Waals surface area (Å²) in [6.45, 7) is -3.25. The molecule has 0 bridgehead atoms. The third-order valence-electron chi connectivity index (χ3n) is 5.52. The number of thiol groups is 8. The molecule has 0 heterocycles. The molecule has 0 aliphatic rings. The van der Waals surface area contributed by atoms with Crippen LogP contribution in [0.25, 0.3) is 0 Å². The summed E-state index contributed by atoms with van der Waals surface area (Å²) in [6.07, 6.45) is 0.935. The third kappa shape index (κ3) is 72.9. The molecule has 0 fully saturated rings. The maximum absolute atomic E-state index is 9.55. The molecule has 0 saturated carbocycles. The van der Waals surface area contributed by atoms with Crippen LogP contribution in [0.1, 0.15) is 38.5 Å². The van der Waals surface area contributed by atoms with Crippen molar-refractivity contribution >= 4 is 137 Å². The number of carboxylic acids is 6. The summed E-state index contributed by atoms with van der Waals surface area (Å²) in [5.74, 6) is -2.17. The van der Waals surface area contributed by atoms with Crippen molar-refractivity contribution in [2.75, 3.05) is 87.4 Å². The molecule has 1 aromatic carbocycles. The average molecular weight is 1050 g/mol. The first-order valence-electron chi connectivity index (χ1n) is 17.2. The fourth-order valence-corrected chi connectivity index (χ4v) is 3.11. The van der Waals surface area contributed by atoms with Crippen molar-refractivity contribution in [2.24, 2.45) is 10.8 Å². The maximum atomic E-state index is 9.55. The number of carbonyl (C=O) groups is 6. The first-order chi connectivity index (χ1) is 28.9. The smallest absolute Gasteiger partial charge is 0.304 e. The molecule has 1 aromatic rings. The summed E-state index contributed by atoms with van der Waals surface area (Å²) in [5, 5.41) is 115. The van der Waals surface area contributed by atoms with E-state index in [1.807, 2.05) is 24.3 Å². The van der Waals surface area contributed by atoms with Crippen molar-refractivity contribution in [3.05, 3.63) is 24.3 Å². The van der Waals surface area contributed by atoms with Crippen molar-refractivity contribution in [1.29, 1.82) is 0 Å². The summed E-state index contributed by atoms with van der Waals surface area (Å²) in [5.41, 5.74) is -2.22. The molecule has 0 amide bonds. The van der Waals surface area contributed by atoms with Gasteiger partial charge in [-0.05, 0) is 12.1 Å². The lowest BCUT2D eigenvalue weighted by Crippen LogP contribution is -2.37. The second kappa shape index (κ2) is 59.5. The van der Waals surface area contributed by atoms with Gasteiger partial charge in [0.2, 0.25) is 0 Å². The van der Waals surface area contributed by atoms with Gasteiger partial charge in [0.05, 0.1) is 102 Å². The van der Waals surface area contributed by atoms with Crippen LogP contribution < -0.4 is 0 Å². The number of hydrogen-bond acceptors (Lipinski definition) is 22. The van der Waals surface area contributed by atoms with Crippen LogP contribution >= 0.6 is 101 Å². The number of hydrogen-bond donors (Lipinski definition) is 22. The normalized spacial score (nSPS) is 9.42. The van der Waals surface area contributed by atoms with Crippen molar-refractivity contribution < 1.29 is 100 Å². The highest BCUT2D eigenvalue weighted by Crippen LogP contribution is 2.15. The van der Waals surface area contributed by atoms with Gasteiger partial charge < -0.3 is 71.5 Å². The standard InChI is InChI=1S/C6H6S2.2C5H12O4.6C3H6O2S/c7-5-3-1-2-4-6(5)8;2*6-1-5(2-7,3-8)4-9;6*4-3(5)1-2-6/h1-4,7-8H;2*6-9H,1-4H2;6*6H,1-2H2,(H,4,5). The van der Waals surface area contributed by atoms with Gasteiger partial charge in [0, 0.05) is 44.3 Å². The van der Waals surface area contributed by atoms with Crippen LogP contribution in [0.3, 0.4) is 0 Å². The van der Waals surface area contributed by atoms with Crippen LogP contribution in [0, 0.1) is 10.8 Å². The maximum Gasteiger partial charge on any atom is 0.304 e. The molecule has 370 valence electrons. The van der Waals surface area contributed by atoms with Gasteiger partial charge in [-0.25, -0.2) is 0 Å². The number of carboxylic acid groups (broad SMARTS) is 6. The van der Waals surface area contributed by atoms with Gasteiger partial charge in [0.15, 0.2) is 0 Å². The van der Waals surface area contributed by atoms with E-state index in [2.05, 4.69) is 101 Å². The molecule has 0 atom stereocenters. The molecule has 0 radical (unpaired) electrons. The van der Waals surface area contributed by atoms with E-state index in [1.165, 1.54) is 0 Å². The molecule has 20 nitrogen and oxygen atoms in total. The van der Waals surface area contributed by atoms with Crippen molar-refractivity contribution in [3.63, 3.8) is 0 Å². The van der Waals surface area contributed by atoms with E-state index in [4.69, 9.17) is 71.5 Å². The second-order valence-electron chi connectivity index (χ2n) is 11.0. The highest BCUT2D eigenvalue weighted by Gasteiger charge is 2.27. The van der Waals surface area contributed by atoms with E-state index in [-0.39, 0.29) is 38.5 Å². The summed E-state index contributed by atoms with van der Waals surface area (Å²) < 4.78 is 0. The molecule has 0 aromatic heterocycles. The molecule has 0 saturated heterocycles. The van der Waals surface area contributed by atoms with E-state index in [9.17, 15) is 28.8 Å². The van der Waals surface area contributed by atoms with Crippen LogP contribution in [0.5, 0.6) is 0 Å². The summed E-state index contributed by atoms with van der Waals surface area (Å²) >= 11 is 30.3. The fraction of sp³-hybridized carbons (Fsp3) is 0.647. The zero-order valence-corrected chi connectivity index (χ0v) is 40.9. The molecule has 62 heavy (non-hydrogen) atoms. The Labute approximate surface area is 405 Å². The Bertz CT molecular complexity index is 998. The van der Waals surface area contributed by atoms with E-state index in [0.29, 0.717) is 34.5 Å². The number of aliphatic hydroxyl groups is 8. The predicted molar refractivity (Wildman–Crippen MR) is 259 cm³/mol. The number of aliphatic hydroxyl groups excluding tert-OH is 8. The van der Waals surface area contributed by atoms with E-state index in [1.54, 1.807) is 0 Å². The van der Waals surface area contributed by atoms with Crippen LogP contribution in [0.4, 0.5) is 0 Å². The Balaban J connectivity index is -0.0000000887. The second-order valence-corrected chi connectivity index (χ2v) is 14.6. The van der Waals surface area contributed by atoms with E-state index >= 15 is 0 Å². The van der Waals surface area contributed by atoms with Gasteiger partial charge in [-0.1, -0.05) is 12.1 Å². The van der Waals surface area contributed by atoms with Crippen molar-refractivity contribution in [3.8, 4) is 0 Å². The minimum atomic E-state index is -1.11.